The van der Waals surface area contributed by atoms with Crippen molar-refractivity contribution < 1.29 is 12.8 Å². The first-order valence-electron chi connectivity index (χ1n) is 7.03. The molecule has 21 heavy (non-hydrogen) atoms. The minimum absolute atomic E-state index is 0.193. The summed E-state index contributed by atoms with van der Waals surface area (Å²) in [5.41, 5.74) is 0.808. The lowest BCUT2D eigenvalue weighted by Crippen LogP contribution is -2.33. The SMILES string of the molecule is O=S(=O)(c1ccc(F)cc1)C1(c2cc[c]cc2)CCCC1. The highest BCUT2D eigenvalue weighted by Gasteiger charge is 2.47. The molecule has 0 bridgehead atoms. The quantitative estimate of drug-likeness (QED) is 0.807. The van der Waals surface area contributed by atoms with E-state index in [2.05, 4.69) is 6.07 Å². The van der Waals surface area contributed by atoms with E-state index in [1.165, 1.54) is 24.3 Å². The fourth-order valence-electron chi connectivity index (χ4n) is 3.19. The zero-order chi connectivity index (χ0) is 14.9. The third-order valence-electron chi connectivity index (χ3n) is 4.29. The van der Waals surface area contributed by atoms with E-state index < -0.39 is 20.4 Å². The smallest absolute Gasteiger partial charge is 0.188 e. The maximum Gasteiger partial charge on any atom is 0.188 e. The third kappa shape index (κ3) is 2.27. The molecule has 1 fully saturated rings. The molecular formula is C17H16FO2S. The van der Waals surface area contributed by atoms with Crippen molar-refractivity contribution >= 4 is 9.84 Å². The molecule has 1 saturated carbocycles. The summed E-state index contributed by atoms with van der Waals surface area (Å²) >= 11 is 0. The molecule has 0 unspecified atom stereocenters. The van der Waals surface area contributed by atoms with Gasteiger partial charge in [0.1, 0.15) is 10.6 Å². The first-order chi connectivity index (χ1) is 10.1. The average molecular weight is 303 g/mol. The van der Waals surface area contributed by atoms with Crippen molar-refractivity contribution in [3.63, 3.8) is 0 Å². The van der Waals surface area contributed by atoms with E-state index >= 15 is 0 Å². The number of hydrogen-bond donors (Lipinski definition) is 0. The molecule has 2 aromatic carbocycles. The Labute approximate surface area is 124 Å². The lowest BCUT2D eigenvalue weighted by molar-refractivity contribution is 0.523. The number of rotatable bonds is 3. The molecule has 1 aliphatic rings. The van der Waals surface area contributed by atoms with Crippen molar-refractivity contribution in [2.45, 2.75) is 35.3 Å². The van der Waals surface area contributed by atoms with Crippen molar-refractivity contribution in [3.8, 4) is 0 Å². The normalized spacial score (nSPS) is 17.8. The highest BCUT2D eigenvalue weighted by atomic mass is 32.2. The van der Waals surface area contributed by atoms with Crippen LogP contribution in [0.2, 0.25) is 0 Å². The van der Waals surface area contributed by atoms with Crippen LogP contribution in [-0.2, 0) is 14.6 Å². The van der Waals surface area contributed by atoms with Gasteiger partial charge in [-0.1, -0.05) is 37.1 Å². The van der Waals surface area contributed by atoms with E-state index in [1.54, 1.807) is 12.1 Å². The molecule has 0 aliphatic heterocycles. The topological polar surface area (TPSA) is 34.1 Å². The molecule has 1 radical (unpaired) electrons. The van der Waals surface area contributed by atoms with Gasteiger partial charge >= 0.3 is 0 Å². The molecule has 0 aromatic heterocycles. The van der Waals surface area contributed by atoms with Gasteiger partial charge in [-0.15, -0.1) is 0 Å². The van der Waals surface area contributed by atoms with Crippen LogP contribution in [-0.4, -0.2) is 8.42 Å². The van der Waals surface area contributed by atoms with E-state index in [1.807, 2.05) is 12.1 Å². The molecule has 0 heterocycles. The van der Waals surface area contributed by atoms with E-state index in [9.17, 15) is 12.8 Å². The second kappa shape index (κ2) is 5.26. The fraction of sp³-hybridized carbons (Fsp3) is 0.294. The minimum atomic E-state index is -3.55. The highest BCUT2D eigenvalue weighted by molar-refractivity contribution is 7.92. The number of halogens is 1. The maximum atomic E-state index is 13.1. The summed E-state index contributed by atoms with van der Waals surface area (Å²) in [7, 11) is -3.55. The van der Waals surface area contributed by atoms with Gasteiger partial charge in [0, 0.05) is 0 Å². The van der Waals surface area contributed by atoms with Gasteiger partial charge < -0.3 is 0 Å². The van der Waals surface area contributed by atoms with Crippen LogP contribution in [0.25, 0.3) is 0 Å². The lowest BCUT2D eigenvalue weighted by atomic mass is 9.97. The molecule has 0 N–H and O–H groups in total. The molecule has 4 heteroatoms. The van der Waals surface area contributed by atoms with Gasteiger partial charge in [-0.3, -0.25) is 0 Å². The number of hydrogen-bond acceptors (Lipinski definition) is 2. The third-order valence-corrected chi connectivity index (χ3v) is 6.86. The molecule has 0 amide bonds. The van der Waals surface area contributed by atoms with Gasteiger partial charge in [0.25, 0.3) is 0 Å². The maximum absolute atomic E-state index is 13.1. The fourth-order valence-corrected chi connectivity index (χ4v) is 5.41. The van der Waals surface area contributed by atoms with E-state index in [0.29, 0.717) is 12.8 Å². The zero-order valence-electron chi connectivity index (χ0n) is 11.5. The summed E-state index contributed by atoms with van der Waals surface area (Å²) in [6.07, 6.45) is 2.99. The summed E-state index contributed by atoms with van der Waals surface area (Å²) in [6, 6.07) is 15.2. The molecule has 0 atom stereocenters. The van der Waals surface area contributed by atoms with Gasteiger partial charge in [0.15, 0.2) is 9.84 Å². The van der Waals surface area contributed by atoms with Gasteiger partial charge in [-0.05, 0) is 48.7 Å². The van der Waals surface area contributed by atoms with Crippen LogP contribution in [0.5, 0.6) is 0 Å². The molecule has 0 spiro atoms. The largest absolute Gasteiger partial charge is 0.223 e. The Kier molecular flexibility index (Phi) is 3.57. The average Bonchev–Trinajstić information content (AvgIpc) is 3.00. The second-order valence-corrected chi connectivity index (χ2v) is 7.71. The van der Waals surface area contributed by atoms with Crippen molar-refractivity contribution in [1.29, 1.82) is 0 Å². The van der Waals surface area contributed by atoms with E-state index in [0.717, 1.165) is 18.4 Å². The Morgan fingerprint density at radius 3 is 2.10 bits per heavy atom. The Balaban J connectivity index is 2.15. The Hall–Kier alpha value is -1.68. The molecule has 3 rings (SSSR count). The molecule has 1 aliphatic carbocycles. The Bertz CT molecular complexity index is 715. The summed E-state index contributed by atoms with van der Waals surface area (Å²) in [5.74, 6) is -0.427. The van der Waals surface area contributed by atoms with Gasteiger partial charge in [0.05, 0.1) is 4.90 Å². The highest BCUT2D eigenvalue weighted by Crippen LogP contribution is 2.48. The zero-order valence-corrected chi connectivity index (χ0v) is 12.4. The number of benzene rings is 2. The van der Waals surface area contributed by atoms with Crippen LogP contribution < -0.4 is 0 Å². The van der Waals surface area contributed by atoms with Crippen molar-refractivity contribution in [2.75, 3.05) is 0 Å². The predicted octanol–water partition coefficient (Wildman–Crippen LogP) is 3.87. The summed E-state index contributed by atoms with van der Waals surface area (Å²) in [6.45, 7) is 0. The molecular weight excluding hydrogens is 287 g/mol. The van der Waals surface area contributed by atoms with Crippen LogP contribution in [0.4, 0.5) is 4.39 Å². The van der Waals surface area contributed by atoms with E-state index in [-0.39, 0.29) is 4.90 Å². The van der Waals surface area contributed by atoms with Crippen molar-refractivity contribution in [3.05, 3.63) is 66.0 Å². The van der Waals surface area contributed by atoms with Gasteiger partial charge in [0.2, 0.25) is 0 Å². The standard InChI is InChI=1S/C17H16FO2S/c18-15-8-10-16(11-9-15)21(19,20)17(12-4-5-13-17)14-6-2-1-3-7-14/h2-3,6-11H,4-5,12-13H2. The first kappa shape index (κ1) is 14.3. The minimum Gasteiger partial charge on any atom is -0.223 e. The van der Waals surface area contributed by atoms with Gasteiger partial charge in [-0.2, -0.15) is 0 Å². The van der Waals surface area contributed by atoms with Crippen LogP contribution in [0, 0.1) is 11.9 Å². The van der Waals surface area contributed by atoms with Crippen molar-refractivity contribution in [1.82, 2.24) is 0 Å². The van der Waals surface area contributed by atoms with Crippen LogP contribution in [0.1, 0.15) is 31.2 Å². The van der Waals surface area contributed by atoms with Crippen LogP contribution in [0.15, 0.2) is 53.4 Å². The molecule has 2 nitrogen and oxygen atoms in total. The summed E-state index contributed by atoms with van der Waals surface area (Å²) in [4.78, 5) is 0.193. The molecule has 109 valence electrons. The summed E-state index contributed by atoms with van der Waals surface area (Å²) < 4.78 is 38.5. The van der Waals surface area contributed by atoms with Gasteiger partial charge in [-0.25, -0.2) is 12.8 Å². The lowest BCUT2D eigenvalue weighted by Gasteiger charge is -2.29. The van der Waals surface area contributed by atoms with Crippen LogP contribution in [0.3, 0.4) is 0 Å². The Morgan fingerprint density at radius 1 is 0.952 bits per heavy atom. The van der Waals surface area contributed by atoms with Crippen LogP contribution >= 0.6 is 0 Å². The predicted molar refractivity (Wildman–Crippen MR) is 79.0 cm³/mol. The van der Waals surface area contributed by atoms with E-state index in [4.69, 9.17) is 0 Å². The second-order valence-electron chi connectivity index (χ2n) is 5.45. The monoisotopic (exact) mass is 303 g/mol. The Morgan fingerprint density at radius 2 is 1.52 bits per heavy atom. The summed E-state index contributed by atoms with van der Waals surface area (Å²) in [5, 5.41) is 0. The van der Waals surface area contributed by atoms with Crippen molar-refractivity contribution in [2.24, 2.45) is 0 Å². The number of sulfone groups is 1. The molecule has 2 aromatic rings. The molecule has 0 saturated heterocycles. The first-order valence-corrected chi connectivity index (χ1v) is 8.51.